The molecule has 0 aromatic carbocycles. The van der Waals surface area contributed by atoms with Crippen LogP contribution < -0.4 is 112 Å². The molecule has 0 aromatic rings. The lowest BCUT2D eigenvalue weighted by atomic mass is 10.0. The van der Waals surface area contributed by atoms with E-state index in [1.54, 1.807) is 0 Å². The molecule has 0 unspecified atom stereocenters. The van der Waals surface area contributed by atoms with E-state index in [4.69, 9.17) is 80.3 Å². The van der Waals surface area contributed by atoms with Gasteiger partial charge in [0.2, 0.25) is 47.3 Å². The quantitative estimate of drug-likeness (QED) is 0.0154. The predicted octanol–water partition coefficient (Wildman–Crippen LogP) is -9.63. The number of carbonyl (C=O) groups excluding carboxylic acids is 8. The highest BCUT2D eigenvalue weighted by Gasteiger charge is 2.33. The van der Waals surface area contributed by atoms with Gasteiger partial charge in [-0.25, -0.2) is 0 Å². The first kappa shape index (κ1) is 66.0. The summed E-state index contributed by atoms with van der Waals surface area (Å²) in [4.78, 5) is 127. The standard InChI is InChI=1S/C41H83N25O8/c42-16-2-1-8-24(62-31(69)22(43)14-15-29(44)67)33(71)64-26(11-5-19-58-39(50)51)35(73)66-28(13-7-21-60-41(54)55)36(74)65-27(12-6-20-59-40(52)53)34(72)63-25(10-4-18-57-38(48)49)32(70)61-23(30(45)68)9-3-17-56-37(46)47/h22-28H,1-21,42-43H2,(H2,44,67)(H2,45,68)(H,61,70)(H,62,69)(H,63,72)(H,64,71)(H,65,74)(H,66,73)(H4,46,47,56)(H4,48,49,57)(H4,50,51,58)(H4,52,53,59)(H4,54,55,60)/t22-,23-,24-,25-,26-,27-,28-/m0/s1. The molecule has 74 heavy (non-hydrogen) atoms. The number of aliphatic imine (C=N–C) groups is 5. The van der Waals surface area contributed by atoms with Crippen LogP contribution in [0.4, 0.5) is 0 Å². The van der Waals surface area contributed by atoms with Crippen molar-refractivity contribution in [3.05, 3.63) is 0 Å². The molecule has 0 heterocycles. The molecule has 420 valence electrons. The molecule has 8 amide bonds. The van der Waals surface area contributed by atoms with Gasteiger partial charge in [-0.1, -0.05) is 0 Å². The fourth-order valence-corrected chi connectivity index (χ4v) is 6.71. The van der Waals surface area contributed by atoms with Gasteiger partial charge in [0, 0.05) is 39.1 Å². The Morgan fingerprint density at radius 1 is 0.324 bits per heavy atom. The molecule has 0 saturated carbocycles. The van der Waals surface area contributed by atoms with Crippen molar-refractivity contribution in [2.24, 2.45) is 105 Å². The summed E-state index contributed by atoms with van der Waals surface area (Å²) < 4.78 is 0. The van der Waals surface area contributed by atoms with E-state index in [9.17, 15) is 38.4 Å². The number of hydrogen-bond donors (Lipinski definition) is 20. The summed E-state index contributed by atoms with van der Waals surface area (Å²) in [6.45, 7) is 0.496. The summed E-state index contributed by atoms with van der Waals surface area (Å²) in [7, 11) is 0. The second-order valence-electron chi connectivity index (χ2n) is 16.9. The SMILES string of the molecule is NCCCC[C@H](NC(=O)[C@@H](N)CCC(N)=O)C(=O)N[C@@H](CCCN=C(N)N)C(=O)N[C@@H](CCCN=C(N)N)C(=O)N[C@@H](CCCN=C(N)N)C(=O)N[C@@H](CCCN=C(N)N)C(=O)N[C@@H](CCCN=C(N)N)C(N)=O. The van der Waals surface area contributed by atoms with Crippen molar-refractivity contribution in [2.75, 3.05) is 39.3 Å². The normalized spacial score (nSPS) is 13.5. The zero-order chi connectivity index (χ0) is 56.2. The molecule has 33 heteroatoms. The topological polar surface area (TPSA) is 635 Å². The average molecular weight is 1050 g/mol. The number of amides is 8. The Morgan fingerprint density at radius 2 is 0.568 bits per heavy atom. The Balaban J connectivity index is 7.08. The second-order valence-corrected chi connectivity index (χ2v) is 16.9. The number of unbranched alkanes of at least 4 members (excludes halogenated alkanes) is 1. The number of nitrogens with zero attached hydrogens (tertiary/aromatic N) is 5. The zero-order valence-corrected chi connectivity index (χ0v) is 42.0. The predicted molar refractivity (Wildman–Crippen MR) is 280 cm³/mol. The lowest BCUT2D eigenvalue weighted by Gasteiger charge is -2.28. The lowest BCUT2D eigenvalue weighted by molar-refractivity contribution is -0.135. The summed E-state index contributed by atoms with van der Waals surface area (Å²) in [5, 5.41) is 15.7. The van der Waals surface area contributed by atoms with E-state index in [1.807, 2.05) is 0 Å². The fraction of sp³-hybridized carbons (Fsp3) is 0.683. The van der Waals surface area contributed by atoms with Crippen molar-refractivity contribution in [1.29, 1.82) is 0 Å². The number of hydrogen-bond acceptors (Lipinski definition) is 15. The average Bonchev–Trinajstić information content (AvgIpc) is 3.31. The van der Waals surface area contributed by atoms with Gasteiger partial charge in [-0.3, -0.25) is 63.3 Å². The van der Waals surface area contributed by atoms with Crippen LogP contribution >= 0.6 is 0 Å². The minimum atomic E-state index is -1.43. The third-order valence-electron chi connectivity index (χ3n) is 10.5. The van der Waals surface area contributed by atoms with Gasteiger partial charge >= 0.3 is 0 Å². The Bertz CT molecular complexity index is 1950. The maximum Gasteiger partial charge on any atom is 0.243 e. The summed E-state index contributed by atoms with van der Waals surface area (Å²) in [6, 6.07) is -9.21. The van der Waals surface area contributed by atoms with E-state index in [2.05, 4.69) is 56.9 Å². The molecule has 0 rings (SSSR count). The van der Waals surface area contributed by atoms with Crippen LogP contribution in [0.3, 0.4) is 0 Å². The number of carbonyl (C=O) groups is 8. The van der Waals surface area contributed by atoms with E-state index in [-0.39, 0.29) is 153 Å². The van der Waals surface area contributed by atoms with Gasteiger partial charge in [-0.2, -0.15) is 0 Å². The van der Waals surface area contributed by atoms with Gasteiger partial charge in [0.25, 0.3) is 0 Å². The van der Waals surface area contributed by atoms with Gasteiger partial charge in [-0.05, 0) is 96.4 Å². The number of primary amides is 2. The molecule has 0 bridgehead atoms. The Hall–Kier alpha value is -7.97. The van der Waals surface area contributed by atoms with Crippen LogP contribution in [-0.4, -0.2) is 159 Å². The molecule has 0 fully saturated rings. The summed E-state index contributed by atoms with van der Waals surface area (Å²) >= 11 is 0. The minimum Gasteiger partial charge on any atom is -0.370 e. The molecule has 7 atom stereocenters. The van der Waals surface area contributed by atoms with Gasteiger partial charge in [-0.15, -0.1) is 0 Å². The van der Waals surface area contributed by atoms with Crippen LogP contribution in [0.15, 0.2) is 25.0 Å². The summed E-state index contributed by atoms with van der Waals surface area (Å²) in [5.41, 5.74) is 77.2. The first-order valence-electron chi connectivity index (χ1n) is 24.0. The molecule has 0 saturated heterocycles. The van der Waals surface area contributed by atoms with E-state index in [1.165, 1.54) is 0 Å². The van der Waals surface area contributed by atoms with Crippen LogP contribution in [0.25, 0.3) is 0 Å². The van der Waals surface area contributed by atoms with E-state index < -0.39 is 89.6 Å². The number of guanidine groups is 5. The number of rotatable bonds is 40. The largest absolute Gasteiger partial charge is 0.370 e. The summed E-state index contributed by atoms with van der Waals surface area (Å²) in [5.74, 6) is -7.70. The highest BCUT2D eigenvalue weighted by Crippen LogP contribution is 2.10. The lowest BCUT2D eigenvalue weighted by Crippen LogP contribution is -2.60. The smallest absolute Gasteiger partial charge is 0.243 e. The van der Waals surface area contributed by atoms with E-state index in [0.717, 1.165) is 0 Å². The molecule has 0 aliphatic heterocycles. The number of nitrogens with one attached hydrogen (secondary N) is 6. The van der Waals surface area contributed by atoms with Crippen molar-refractivity contribution in [3.8, 4) is 0 Å². The Kier molecular flexibility index (Phi) is 33.7. The van der Waals surface area contributed by atoms with Crippen LogP contribution in [-0.2, 0) is 38.4 Å². The molecule has 0 aromatic heterocycles. The monoisotopic (exact) mass is 1050 g/mol. The zero-order valence-electron chi connectivity index (χ0n) is 42.0. The van der Waals surface area contributed by atoms with Gasteiger partial charge in [0.15, 0.2) is 29.8 Å². The molecule has 0 radical (unpaired) electrons. The molecular weight excluding hydrogens is 971 g/mol. The van der Waals surface area contributed by atoms with Crippen molar-refractivity contribution in [1.82, 2.24) is 31.9 Å². The van der Waals surface area contributed by atoms with Gasteiger partial charge in [0.1, 0.15) is 36.3 Å². The van der Waals surface area contributed by atoms with Crippen molar-refractivity contribution >= 4 is 77.1 Å². The van der Waals surface area contributed by atoms with E-state index >= 15 is 0 Å². The molecule has 0 aliphatic carbocycles. The van der Waals surface area contributed by atoms with Crippen LogP contribution in [0, 0.1) is 0 Å². The van der Waals surface area contributed by atoms with E-state index in [0.29, 0.717) is 12.8 Å². The second kappa shape index (κ2) is 37.8. The van der Waals surface area contributed by atoms with Crippen molar-refractivity contribution in [3.63, 3.8) is 0 Å². The van der Waals surface area contributed by atoms with Crippen LogP contribution in [0.2, 0.25) is 0 Å². The third kappa shape index (κ3) is 32.1. The number of nitrogens with two attached hydrogens (primary N) is 14. The van der Waals surface area contributed by atoms with Gasteiger partial charge in [0.05, 0.1) is 6.04 Å². The first-order chi connectivity index (χ1) is 34.9. The Labute approximate surface area is 429 Å². The van der Waals surface area contributed by atoms with Gasteiger partial charge < -0.3 is 112 Å². The summed E-state index contributed by atoms with van der Waals surface area (Å²) in [6.07, 6.45) is 1.03. The first-order valence-corrected chi connectivity index (χ1v) is 24.0. The van der Waals surface area contributed by atoms with Crippen LogP contribution in [0.1, 0.15) is 96.3 Å². The fourth-order valence-electron chi connectivity index (χ4n) is 6.71. The van der Waals surface area contributed by atoms with Crippen molar-refractivity contribution in [2.45, 2.75) is 139 Å². The van der Waals surface area contributed by atoms with Crippen molar-refractivity contribution < 1.29 is 38.4 Å². The maximum absolute atomic E-state index is 14.4. The molecule has 0 spiro atoms. The molecular formula is C41H83N25O8. The van der Waals surface area contributed by atoms with Crippen LogP contribution in [0.5, 0.6) is 0 Å². The molecule has 34 N–H and O–H groups in total. The molecule has 33 nitrogen and oxygen atoms in total. The Morgan fingerprint density at radius 3 is 0.811 bits per heavy atom. The minimum absolute atomic E-state index is 0.00603. The molecule has 0 aliphatic rings. The maximum atomic E-state index is 14.4. The third-order valence-corrected chi connectivity index (χ3v) is 10.5. The highest BCUT2D eigenvalue weighted by molar-refractivity contribution is 5.97. The highest BCUT2D eigenvalue weighted by atomic mass is 16.2.